The van der Waals surface area contributed by atoms with Gasteiger partial charge in [-0.15, -0.1) is 21.5 Å². The molecule has 0 spiro atoms. The van der Waals surface area contributed by atoms with Crippen LogP contribution in [0.2, 0.25) is 0 Å². The lowest BCUT2D eigenvalue weighted by molar-refractivity contribution is -0.00541. The Morgan fingerprint density at radius 1 is 1.11 bits per heavy atom. The van der Waals surface area contributed by atoms with Crippen LogP contribution in [0, 0.1) is 11.8 Å². The fourth-order valence-corrected chi connectivity index (χ4v) is 5.22. The molecular formula is C19H22N6OS. The third-order valence-electron chi connectivity index (χ3n) is 5.89. The largest absolute Gasteiger partial charge is 0.379 e. The van der Waals surface area contributed by atoms with Gasteiger partial charge >= 0.3 is 0 Å². The van der Waals surface area contributed by atoms with Gasteiger partial charge in [-0.1, -0.05) is 11.3 Å². The number of rotatable bonds is 4. The van der Waals surface area contributed by atoms with Gasteiger partial charge in [0.05, 0.1) is 23.2 Å². The van der Waals surface area contributed by atoms with E-state index >= 15 is 0 Å². The number of hydrogen-bond acceptors (Lipinski definition) is 7. The summed E-state index contributed by atoms with van der Waals surface area (Å²) in [4.78, 5) is 3.51. The van der Waals surface area contributed by atoms with Crippen LogP contribution in [0.15, 0.2) is 42.0 Å². The van der Waals surface area contributed by atoms with Gasteiger partial charge in [-0.25, -0.2) is 4.68 Å². The molecule has 1 aliphatic carbocycles. The summed E-state index contributed by atoms with van der Waals surface area (Å²) >= 11 is 1.69. The van der Waals surface area contributed by atoms with E-state index in [-0.39, 0.29) is 12.1 Å². The predicted octanol–water partition coefficient (Wildman–Crippen LogP) is 2.90. The Bertz CT molecular complexity index is 883. The highest BCUT2D eigenvalue weighted by Gasteiger charge is 2.44. The van der Waals surface area contributed by atoms with Crippen molar-refractivity contribution in [3.63, 3.8) is 0 Å². The minimum atomic E-state index is 0.158. The quantitative estimate of drug-likeness (QED) is 0.691. The number of hydrogen-bond donors (Lipinski definition) is 0. The number of anilines is 1. The molecule has 7 nitrogen and oxygen atoms in total. The molecule has 0 amide bonds. The summed E-state index contributed by atoms with van der Waals surface area (Å²) in [6.07, 6.45) is 6.03. The lowest BCUT2D eigenvalue weighted by Gasteiger charge is -2.36. The van der Waals surface area contributed by atoms with E-state index in [1.54, 1.807) is 17.5 Å². The molecule has 1 saturated carbocycles. The second kappa shape index (κ2) is 7.01. The number of ether oxygens (including phenoxy) is 1. The molecule has 0 unspecified atom stereocenters. The first-order valence-electron chi connectivity index (χ1n) is 9.33. The van der Waals surface area contributed by atoms with Gasteiger partial charge in [-0.05, 0) is 48.3 Å². The number of thiophene rings is 1. The van der Waals surface area contributed by atoms with Gasteiger partial charge < -0.3 is 9.64 Å². The van der Waals surface area contributed by atoms with Crippen LogP contribution in [-0.4, -0.2) is 51.5 Å². The zero-order valence-corrected chi connectivity index (χ0v) is 16.0. The molecule has 3 aromatic rings. The molecule has 1 saturated heterocycles. The molecule has 0 radical (unpaired) electrons. The highest BCUT2D eigenvalue weighted by Crippen LogP contribution is 2.43. The number of methoxy groups -OCH3 is 1. The lowest BCUT2D eigenvalue weighted by atomic mass is 9.77. The third kappa shape index (κ3) is 3.12. The van der Waals surface area contributed by atoms with Gasteiger partial charge in [0.25, 0.3) is 0 Å². The molecule has 27 heavy (non-hydrogen) atoms. The molecule has 2 fully saturated rings. The van der Waals surface area contributed by atoms with Gasteiger partial charge in [0.1, 0.15) is 5.69 Å². The number of fused-ring (bicyclic) bond motifs is 1. The Hall–Kier alpha value is -2.32. The van der Waals surface area contributed by atoms with E-state index < -0.39 is 0 Å². The average molecular weight is 382 g/mol. The summed E-state index contributed by atoms with van der Waals surface area (Å²) in [5.41, 5.74) is 0.939. The Kier molecular flexibility index (Phi) is 4.37. The molecule has 2 aliphatic rings. The van der Waals surface area contributed by atoms with Gasteiger partial charge in [0, 0.05) is 26.4 Å². The summed E-state index contributed by atoms with van der Waals surface area (Å²) in [6, 6.07) is 8.34. The van der Waals surface area contributed by atoms with E-state index in [1.807, 2.05) is 30.0 Å². The van der Waals surface area contributed by atoms with Crippen LogP contribution in [0.25, 0.3) is 10.6 Å². The molecule has 1 aliphatic heterocycles. The molecule has 140 valence electrons. The highest BCUT2D eigenvalue weighted by molar-refractivity contribution is 7.13. The van der Waals surface area contributed by atoms with Crippen molar-refractivity contribution in [3.8, 4) is 10.6 Å². The molecule has 3 aromatic heterocycles. The monoisotopic (exact) mass is 382 g/mol. The van der Waals surface area contributed by atoms with E-state index in [4.69, 9.17) is 4.74 Å². The van der Waals surface area contributed by atoms with Crippen molar-refractivity contribution in [2.45, 2.75) is 25.0 Å². The molecular weight excluding hydrogens is 360 g/mol. The predicted molar refractivity (Wildman–Crippen MR) is 104 cm³/mol. The van der Waals surface area contributed by atoms with Crippen molar-refractivity contribution in [3.05, 3.63) is 42.0 Å². The fourth-order valence-electron chi connectivity index (χ4n) is 4.55. The van der Waals surface area contributed by atoms with Crippen LogP contribution in [0.1, 0.15) is 18.9 Å². The molecule has 4 heterocycles. The van der Waals surface area contributed by atoms with Crippen LogP contribution < -0.4 is 4.90 Å². The van der Waals surface area contributed by atoms with Crippen molar-refractivity contribution in [1.82, 2.24) is 25.2 Å². The van der Waals surface area contributed by atoms with Crippen LogP contribution in [0.5, 0.6) is 0 Å². The molecule has 8 heteroatoms. The van der Waals surface area contributed by atoms with Crippen molar-refractivity contribution in [2.75, 3.05) is 25.1 Å². The maximum Gasteiger partial charge on any atom is 0.151 e. The van der Waals surface area contributed by atoms with E-state index in [0.717, 1.165) is 42.3 Å². The first kappa shape index (κ1) is 16.8. The van der Waals surface area contributed by atoms with Crippen LogP contribution in [0.3, 0.4) is 0 Å². The molecule has 4 atom stereocenters. The first-order chi connectivity index (χ1) is 13.3. The van der Waals surface area contributed by atoms with Crippen molar-refractivity contribution >= 4 is 17.2 Å². The zero-order valence-electron chi connectivity index (χ0n) is 15.2. The normalized spacial score (nSPS) is 27.7. The van der Waals surface area contributed by atoms with Crippen molar-refractivity contribution < 1.29 is 4.74 Å². The Balaban J connectivity index is 1.36. The Morgan fingerprint density at radius 2 is 2.00 bits per heavy atom. The standard InChI is InChI=1S/C19H22N6OS/c1-26-17-9-14-11-24(19-5-2-6-20-22-19)10-13(14)8-16(17)25-12-15(21-23-25)18-4-3-7-27-18/h2-7,12-14,16-17H,8-11H2,1H3/t13-,14+,16-,17-/m1/s1. The van der Waals surface area contributed by atoms with E-state index in [9.17, 15) is 0 Å². The van der Waals surface area contributed by atoms with Gasteiger partial charge in [0.2, 0.25) is 0 Å². The Labute approximate surface area is 162 Å². The van der Waals surface area contributed by atoms with Gasteiger partial charge in [0.15, 0.2) is 5.82 Å². The van der Waals surface area contributed by atoms with E-state index in [2.05, 4.69) is 43.1 Å². The summed E-state index contributed by atoms with van der Waals surface area (Å²) in [5.74, 6) is 2.20. The second-order valence-corrected chi connectivity index (χ2v) is 8.33. The summed E-state index contributed by atoms with van der Waals surface area (Å²) in [5, 5.41) is 19.2. The van der Waals surface area contributed by atoms with Gasteiger partial charge in [-0.3, -0.25) is 0 Å². The number of aromatic nitrogens is 5. The molecule has 0 aromatic carbocycles. The smallest absolute Gasteiger partial charge is 0.151 e. The topological polar surface area (TPSA) is 69.0 Å². The fraction of sp³-hybridized carbons (Fsp3) is 0.474. The minimum absolute atomic E-state index is 0.158. The molecule has 5 rings (SSSR count). The SMILES string of the molecule is CO[C@@H]1C[C@H]2CN(c3cccnn3)C[C@H]2C[C@H]1n1cc(-c2cccs2)nn1. The van der Waals surface area contributed by atoms with E-state index in [0.29, 0.717) is 11.8 Å². The van der Waals surface area contributed by atoms with Crippen LogP contribution in [0.4, 0.5) is 5.82 Å². The van der Waals surface area contributed by atoms with Gasteiger partial charge in [-0.2, -0.15) is 5.10 Å². The maximum absolute atomic E-state index is 5.87. The van der Waals surface area contributed by atoms with Crippen molar-refractivity contribution in [1.29, 1.82) is 0 Å². The van der Waals surface area contributed by atoms with Crippen molar-refractivity contribution in [2.24, 2.45) is 11.8 Å². The molecule has 0 bridgehead atoms. The third-order valence-corrected chi connectivity index (χ3v) is 6.79. The Morgan fingerprint density at radius 3 is 2.74 bits per heavy atom. The number of nitrogens with zero attached hydrogens (tertiary/aromatic N) is 6. The van der Waals surface area contributed by atoms with Crippen LogP contribution in [-0.2, 0) is 4.74 Å². The summed E-state index contributed by atoms with van der Waals surface area (Å²) in [7, 11) is 1.81. The lowest BCUT2D eigenvalue weighted by Crippen LogP contribution is -2.37. The highest BCUT2D eigenvalue weighted by atomic mass is 32.1. The summed E-state index contributed by atoms with van der Waals surface area (Å²) < 4.78 is 7.89. The summed E-state index contributed by atoms with van der Waals surface area (Å²) in [6.45, 7) is 2.04. The average Bonchev–Trinajstić information content (AvgIpc) is 3.47. The zero-order chi connectivity index (χ0) is 18.2. The molecule has 0 N–H and O–H groups in total. The minimum Gasteiger partial charge on any atom is -0.379 e. The first-order valence-corrected chi connectivity index (χ1v) is 10.2. The second-order valence-electron chi connectivity index (χ2n) is 7.38. The maximum atomic E-state index is 5.87. The van der Waals surface area contributed by atoms with Crippen LogP contribution >= 0.6 is 11.3 Å². The van der Waals surface area contributed by atoms with E-state index in [1.165, 1.54) is 0 Å².